The minimum atomic E-state index is -0.111. The Kier molecular flexibility index (Phi) is 3.97. The summed E-state index contributed by atoms with van der Waals surface area (Å²) in [6, 6.07) is 4.06. The molecule has 2 aliphatic carbocycles. The molecule has 0 unspecified atom stereocenters. The van der Waals surface area contributed by atoms with Crippen LogP contribution in [0.1, 0.15) is 59.5 Å². The van der Waals surface area contributed by atoms with Crippen LogP contribution in [0.3, 0.4) is 0 Å². The predicted molar refractivity (Wildman–Crippen MR) is 110 cm³/mol. The highest BCUT2D eigenvalue weighted by molar-refractivity contribution is 5.70. The van der Waals surface area contributed by atoms with E-state index in [1.54, 1.807) is 6.07 Å². The van der Waals surface area contributed by atoms with Crippen LogP contribution in [0.2, 0.25) is 0 Å². The molecule has 0 atom stereocenters. The number of aromatic amines is 1. The van der Waals surface area contributed by atoms with Gasteiger partial charge in [0, 0.05) is 30.9 Å². The lowest BCUT2D eigenvalue weighted by Gasteiger charge is -2.20. The Morgan fingerprint density at radius 1 is 1.00 bits per heavy atom. The first-order valence-corrected chi connectivity index (χ1v) is 10.8. The van der Waals surface area contributed by atoms with E-state index in [1.165, 1.54) is 45.3 Å². The Labute approximate surface area is 168 Å². The lowest BCUT2D eigenvalue weighted by molar-refractivity contribution is 0.0845. The maximum atomic E-state index is 12.7. The number of H-pyrrole nitrogens is 1. The van der Waals surface area contributed by atoms with Crippen molar-refractivity contribution in [2.75, 3.05) is 18.5 Å². The zero-order valence-electron chi connectivity index (χ0n) is 16.5. The van der Waals surface area contributed by atoms with E-state index < -0.39 is 0 Å². The first-order valence-electron chi connectivity index (χ1n) is 10.8. The van der Waals surface area contributed by atoms with Crippen molar-refractivity contribution in [1.29, 1.82) is 0 Å². The number of nitrogens with one attached hydrogen (secondary N) is 2. The molecule has 1 saturated heterocycles. The molecule has 3 heterocycles. The average molecular weight is 391 g/mol. The largest absolute Gasteiger partial charge is 0.381 e. The Balaban J connectivity index is 1.39. The molecule has 1 aliphatic heterocycles. The van der Waals surface area contributed by atoms with Crippen LogP contribution in [0.4, 0.5) is 11.6 Å². The molecule has 2 N–H and O–H groups in total. The maximum absolute atomic E-state index is 12.7. The van der Waals surface area contributed by atoms with Crippen LogP contribution in [0.15, 0.2) is 16.9 Å². The summed E-state index contributed by atoms with van der Waals surface area (Å²) in [5.41, 5.74) is 7.73. The van der Waals surface area contributed by atoms with Gasteiger partial charge < -0.3 is 10.1 Å². The van der Waals surface area contributed by atoms with Gasteiger partial charge in [0.1, 0.15) is 0 Å². The zero-order valence-corrected chi connectivity index (χ0v) is 16.5. The van der Waals surface area contributed by atoms with Gasteiger partial charge >= 0.3 is 0 Å². The maximum Gasteiger partial charge on any atom is 0.274 e. The van der Waals surface area contributed by atoms with Gasteiger partial charge in [-0.05, 0) is 73.6 Å². The summed E-state index contributed by atoms with van der Waals surface area (Å²) in [6.45, 7) is 1.45. The van der Waals surface area contributed by atoms with Gasteiger partial charge in [-0.1, -0.05) is 6.07 Å². The number of fused-ring (bicyclic) bond motifs is 3. The Morgan fingerprint density at radius 2 is 1.72 bits per heavy atom. The van der Waals surface area contributed by atoms with E-state index in [0.29, 0.717) is 11.7 Å². The number of ether oxygens (including phenoxy) is 1. The molecule has 0 amide bonds. The van der Waals surface area contributed by atoms with Gasteiger partial charge in [0.2, 0.25) is 5.95 Å². The first-order chi connectivity index (χ1) is 14.3. The third kappa shape index (κ3) is 2.87. The average Bonchev–Trinajstić information content (AvgIpc) is 3.47. The highest BCUT2D eigenvalue weighted by Crippen LogP contribution is 2.39. The third-order valence-electron chi connectivity index (χ3n) is 6.71. The number of hydrogen-bond acceptors (Lipinski definition) is 5. The molecule has 3 aromatic rings. The standard InChI is InChI=1S/C22H25N5O2/c28-19-12-18(13-7-9-29-10-8-13)23-22-25-21(26-27(19)22)24-20-16-5-1-3-14(16)11-15-4-2-6-17(15)20/h11-13H,1-10H2,(H2,23,24,25,26). The van der Waals surface area contributed by atoms with Crippen LogP contribution in [0, 0.1) is 0 Å². The van der Waals surface area contributed by atoms with Crippen LogP contribution in [0.25, 0.3) is 5.78 Å². The molecule has 0 saturated carbocycles. The number of aryl methyl sites for hydroxylation is 2. The summed E-state index contributed by atoms with van der Waals surface area (Å²) >= 11 is 0. The van der Waals surface area contributed by atoms with E-state index >= 15 is 0 Å². The quantitative estimate of drug-likeness (QED) is 0.717. The van der Waals surface area contributed by atoms with Gasteiger partial charge in [-0.2, -0.15) is 9.50 Å². The third-order valence-corrected chi connectivity index (χ3v) is 6.71. The van der Waals surface area contributed by atoms with Crippen molar-refractivity contribution in [3.8, 4) is 0 Å². The molecule has 7 heteroatoms. The molecule has 0 spiro atoms. The predicted octanol–water partition coefficient (Wildman–Crippen LogP) is 3.03. The van der Waals surface area contributed by atoms with Crippen LogP contribution in [-0.4, -0.2) is 32.8 Å². The number of nitrogens with zero attached hydrogens (tertiary/aromatic N) is 3. The summed E-state index contributed by atoms with van der Waals surface area (Å²) in [5, 5.41) is 6.65. The van der Waals surface area contributed by atoms with E-state index in [4.69, 9.17) is 9.72 Å². The summed E-state index contributed by atoms with van der Waals surface area (Å²) in [4.78, 5) is 22.0. The van der Waals surface area contributed by atoms with Gasteiger partial charge in [0.25, 0.3) is 11.3 Å². The molecule has 150 valence electrons. The van der Waals surface area contributed by atoms with Gasteiger partial charge in [-0.3, -0.25) is 9.89 Å². The van der Waals surface area contributed by atoms with Gasteiger partial charge in [-0.25, -0.2) is 4.98 Å². The number of aromatic nitrogens is 4. The van der Waals surface area contributed by atoms with Gasteiger partial charge in [0.05, 0.1) is 5.69 Å². The second-order valence-electron chi connectivity index (χ2n) is 8.47. The second-order valence-corrected chi connectivity index (χ2v) is 8.47. The lowest BCUT2D eigenvalue weighted by Crippen LogP contribution is -2.20. The summed E-state index contributed by atoms with van der Waals surface area (Å²) < 4.78 is 6.88. The highest BCUT2D eigenvalue weighted by atomic mass is 16.5. The molecule has 2 aromatic heterocycles. The lowest BCUT2D eigenvalue weighted by atomic mass is 9.96. The Hall–Kier alpha value is -2.67. The monoisotopic (exact) mass is 391 g/mol. The van der Waals surface area contributed by atoms with Crippen molar-refractivity contribution in [2.45, 2.75) is 57.3 Å². The topological polar surface area (TPSA) is 84.3 Å². The minimum Gasteiger partial charge on any atom is -0.381 e. The van der Waals surface area contributed by atoms with Crippen molar-refractivity contribution < 1.29 is 4.74 Å². The van der Waals surface area contributed by atoms with Crippen molar-refractivity contribution >= 4 is 17.4 Å². The zero-order chi connectivity index (χ0) is 19.4. The molecular formula is C22H25N5O2. The van der Waals surface area contributed by atoms with Crippen molar-refractivity contribution in [2.24, 2.45) is 0 Å². The van der Waals surface area contributed by atoms with Gasteiger partial charge in [0.15, 0.2) is 0 Å². The number of rotatable bonds is 3. The SMILES string of the molecule is O=c1cc(C2CCOCC2)nc2nc(Nc3c4c(cc5c3CCC5)CCC4)[nH]n12. The first kappa shape index (κ1) is 17.2. The van der Waals surface area contributed by atoms with Crippen LogP contribution >= 0.6 is 0 Å². The molecule has 3 aliphatic rings. The van der Waals surface area contributed by atoms with E-state index in [-0.39, 0.29) is 11.5 Å². The van der Waals surface area contributed by atoms with E-state index in [0.717, 1.165) is 57.4 Å². The Morgan fingerprint density at radius 3 is 2.45 bits per heavy atom. The molecule has 29 heavy (non-hydrogen) atoms. The van der Waals surface area contributed by atoms with Crippen molar-refractivity contribution in [3.05, 3.63) is 50.4 Å². The van der Waals surface area contributed by atoms with Crippen LogP contribution < -0.4 is 10.9 Å². The van der Waals surface area contributed by atoms with Crippen LogP contribution in [-0.2, 0) is 30.4 Å². The fourth-order valence-corrected chi connectivity index (χ4v) is 5.24. The smallest absolute Gasteiger partial charge is 0.274 e. The summed E-state index contributed by atoms with van der Waals surface area (Å²) in [7, 11) is 0. The molecule has 0 radical (unpaired) electrons. The second kappa shape index (κ2) is 6.69. The number of anilines is 2. The molecule has 7 nitrogen and oxygen atoms in total. The number of benzene rings is 1. The highest BCUT2D eigenvalue weighted by Gasteiger charge is 2.25. The van der Waals surface area contributed by atoms with Gasteiger partial charge in [-0.15, -0.1) is 0 Å². The normalized spacial score (nSPS) is 18.9. The number of hydrogen-bond donors (Lipinski definition) is 2. The van der Waals surface area contributed by atoms with E-state index in [9.17, 15) is 4.79 Å². The minimum absolute atomic E-state index is 0.111. The van der Waals surface area contributed by atoms with Crippen LogP contribution in [0.5, 0.6) is 0 Å². The molecule has 1 aromatic carbocycles. The van der Waals surface area contributed by atoms with Crippen molar-refractivity contribution in [3.63, 3.8) is 0 Å². The summed E-state index contributed by atoms with van der Waals surface area (Å²) in [5.74, 6) is 1.30. The molecule has 6 rings (SSSR count). The fraction of sp³-hybridized carbons (Fsp3) is 0.500. The summed E-state index contributed by atoms with van der Waals surface area (Å²) in [6.07, 6.45) is 8.76. The molecular weight excluding hydrogens is 366 g/mol. The van der Waals surface area contributed by atoms with Crippen molar-refractivity contribution in [1.82, 2.24) is 19.6 Å². The Bertz CT molecular complexity index is 1120. The van der Waals surface area contributed by atoms with E-state index in [1.807, 2.05) is 0 Å². The van der Waals surface area contributed by atoms with E-state index in [2.05, 4.69) is 21.5 Å². The molecule has 1 fully saturated rings. The molecule has 0 bridgehead atoms. The fourth-order valence-electron chi connectivity index (χ4n) is 5.24.